The van der Waals surface area contributed by atoms with Gasteiger partial charge in [-0.15, -0.1) is 0 Å². The molecule has 19 heavy (non-hydrogen) atoms. The van der Waals surface area contributed by atoms with E-state index in [4.69, 9.17) is 22.1 Å². The van der Waals surface area contributed by atoms with E-state index in [1.807, 2.05) is 0 Å². The summed E-state index contributed by atoms with van der Waals surface area (Å²) in [5, 5.41) is 0.508. The second-order valence-corrected chi connectivity index (χ2v) is 6.87. The first-order chi connectivity index (χ1) is 8.86. The summed E-state index contributed by atoms with van der Waals surface area (Å²) in [6.45, 7) is 0.630. The molecule has 7 heteroatoms. The molecule has 0 radical (unpaired) electrons. The molecule has 1 aromatic rings. The van der Waals surface area contributed by atoms with Gasteiger partial charge in [0, 0.05) is 38.0 Å². The van der Waals surface area contributed by atoms with Gasteiger partial charge in [0.05, 0.1) is 5.75 Å². The number of nitrogen functional groups attached to an aromatic ring is 1. The number of hydrogen-bond acceptors (Lipinski definition) is 4. The summed E-state index contributed by atoms with van der Waals surface area (Å²) in [6.07, 6.45) is 0.466. The van der Waals surface area contributed by atoms with Gasteiger partial charge in [-0.05, 0) is 30.2 Å². The lowest BCUT2D eigenvalue weighted by Crippen LogP contribution is -2.29. The average molecular weight is 307 g/mol. The zero-order chi connectivity index (χ0) is 14.5. The molecule has 108 valence electrons. The number of methoxy groups -OCH3 is 1. The standard InChI is InChI=1S/C12H19ClN2O3S/c1-15(19(16,17)7-3-6-18-2)9-10-8-11(14)4-5-12(10)13/h4-5,8H,3,6-7,9,14H2,1-2H3. The van der Waals surface area contributed by atoms with Crippen LogP contribution < -0.4 is 5.73 Å². The van der Waals surface area contributed by atoms with Crippen LogP contribution >= 0.6 is 11.6 Å². The van der Waals surface area contributed by atoms with Crippen LogP contribution in [0, 0.1) is 0 Å². The molecule has 5 nitrogen and oxygen atoms in total. The molecule has 0 fully saturated rings. The maximum Gasteiger partial charge on any atom is 0.214 e. The first kappa shape index (κ1) is 16.2. The number of sulfonamides is 1. The van der Waals surface area contributed by atoms with Crippen molar-refractivity contribution in [1.82, 2.24) is 4.31 Å². The highest BCUT2D eigenvalue weighted by Gasteiger charge is 2.18. The summed E-state index contributed by atoms with van der Waals surface area (Å²) in [5.41, 5.74) is 6.92. The maximum atomic E-state index is 12.0. The van der Waals surface area contributed by atoms with Crippen LogP contribution in [0.25, 0.3) is 0 Å². The third-order valence-corrected chi connectivity index (χ3v) is 4.94. The van der Waals surface area contributed by atoms with Crippen molar-refractivity contribution in [3.8, 4) is 0 Å². The molecule has 0 aliphatic heterocycles. The van der Waals surface area contributed by atoms with Gasteiger partial charge in [0.2, 0.25) is 10.0 Å². The Labute approximate surface area is 119 Å². The molecular weight excluding hydrogens is 288 g/mol. The zero-order valence-corrected chi connectivity index (χ0v) is 12.7. The molecule has 0 saturated carbocycles. The summed E-state index contributed by atoms with van der Waals surface area (Å²) in [7, 11) is -0.233. The van der Waals surface area contributed by atoms with Crippen LogP contribution in [0.15, 0.2) is 18.2 Å². The summed E-state index contributed by atoms with van der Waals surface area (Å²) in [4.78, 5) is 0. The Morgan fingerprint density at radius 1 is 1.42 bits per heavy atom. The van der Waals surface area contributed by atoms with E-state index in [9.17, 15) is 8.42 Å². The van der Waals surface area contributed by atoms with Crippen molar-refractivity contribution >= 4 is 27.3 Å². The lowest BCUT2D eigenvalue weighted by atomic mass is 10.2. The van der Waals surface area contributed by atoms with E-state index in [0.717, 1.165) is 0 Å². The lowest BCUT2D eigenvalue weighted by molar-refractivity contribution is 0.199. The number of rotatable bonds is 7. The van der Waals surface area contributed by atoms with Gasteiger partial charge in [-0.25, -0.2) is 12.7 Å². The number of nitrogens with two attached hydrogens (primary N) is 1. The molecule has 0 aromatic heterocycles. The minimum Gasteiger partial charge on any atom is -0.399 e. The van der Waals surface area contributed by atoms with Crippen molar-refractivity contribution in [2.24, 2.45) is 0 Å². The molecule has 0 heterocycles. The molecule has 0 aliphatic carbocycles. The SMILES string of the molecule is COCCCS(=O)(=O)N(C)Cc1cc(N)ccc1Cl. The molecule has 1 rings (SSSR count). The summed E-state index contributed by atoms with van der Waals surface area (Å²) in [6, 6.07) is 5.03. The predicted molar refractivity (Wildman–Crippen MR) is 77.6 cm³/mol. The van der Waals surface area contributed by atoms with E-state index in [-0.39, 0.29) is 12.3 Å². The number of halogens is 1. The van der Waals surface area contributed by atoms with Gasteiger partial charge in [-0.2, -0.15) is 0 Å². The van der Waals surface area contributed by atoms with E-state index < -0.39 is 10.0 Å². The minimum absolute atomic E-state index is 0.0529. The normalized spacial score (nSPS) is 12.0. The Balaban J connectivity index is 2.73. The van der Waals surface area contributed by atoms with E-state index in [0.29, 0.717) is 29.3 Å². The summed E-state index contributed by atoms with van der Waals surface area (Å²) < 4.78 is 30.1. The highest BCUT2D eigenvalue weighted by molar-refractivity contribution is 7.89. The van der Waals surface area contributed by atoms with Gasteiger partial charge in [-0.3, -0.25) is 0 Å². The molecule has 0 atom stereocenters. The highest BCUT2D eigenvalue weighted by Crippen LogP contribution is 2.21. The fraction of sp³-hybridized carbons (Fsp3) is 0.500. The Morgan fingerprint density at radius 3 is 2.74 bits per heavy atom. The third-order valence-electron chi connectivity index (χ3n) is 2.69. The molecule has 0 aliphatic rings. The topological polar surface area (TPSA) is 72.6 Å². The van der Waals surface area contributed by atoms with Crippen LogP contribution in [0.3, 0.4) is 0 Å². The Morgan fingerprint density at radius 2 is 2.11 bits per heavy atom. The van der Waals surface area contributed by atoms with Crippen LogP contribution in [0.5, 0.6) is 0 Å². The smallest absolute Gasteiger partial charge is 0.214 e. The van der Waals surface area contributed by atoms with E-state index in [1.54, 1.807) is 25.3 Å². The fourth-order valence-electron chi connectivity index (χ4n) is 1.60. The second kappa shape index (κ2) is 7.09. The summed E-state index contributed by atoms with van der Waals surface area (Å²) in [5.74, 6) is 0.0529. The fourth-order valence-corrected chi connectivity index (χ4v) is 2.90. The maximum absolute atomic E-state index is 12.0. The zero-order valence-electron chi connectivity index (χ0n) is 11.1. The first-order valence-electron chi connectivity index (χ1n) is 5.83. The van der Waals surface area contributed by atoms with E-state index >= 15 is 0 Å². The Hall–Kier alpha value is -0.820. The van der Waals surface area contributed by atoms with Crippen molar-refractivity contribution in [3.63, 3.8) is 0 Å². The molecule has 0 spiro atoms. The van der Waals surface area contributed by atoms with Crippen molar-refractivity contribution in [2.75, 3.05) is 32.3 Å². The van der Waals surface area contributed by atoms with Crippen molar-refractivity contribution in [2.45, 2.75) is 13.0 Å². The molecule has 0 bridgehead atoms. The Kier molecular flexibility index (Phi) is 6.06. The van der Waals surface area contributed by atoms with Crippen molar-refractivity contribution in [3.05, 3.63) is 28.8 Å². The van der Waals surface area contributed by atoms with Crippen LogP contribution in [0.2, 0.25) is 5.02 Å². The average Bonchev–Trinajstić information content (AvgIpc) is 2.34. The van der Waals surface area contributed by atoms with Crippen LogP contribution in [-0.4, -0.2) is 39.2 Å². The monoisotopic (exact) mass is 306 g/mol. The van der Waals surface area contributed by atoms with Crippen molar-refractivity contribution < 1.29 is 13.2 Å². The second-order valence-electron chi connectivity index (χ2n) is 4.27. The number of hydrogen-bond donors (Lipinski definition) is 1. The highest BCUT2D eigenvalue weighted by atomic mass is 35.5. The van der Waals surface area contributed by atoms with E-state index in [2.05, 4.69) is 0 Å². The molecule has 2 N–H and O–H groups in total. The number of ether oxygens (including phenoxy) is 1. The van der Waals surface area contributed by atoms with Gasteiger partial charge in [0.15, 0.2) is 0 Å². The quantitative estimate of drug-likeness (QED) is 0.615. The number of anilines is 1. The van der Waals surface area contributed by atoms with Crippen LogP contribution in [-0.2, 0) is 21.3 Å². The lowest BCUT2D eigenvalue weighted by Gasteiger charge is -2.18. The third kappa shape index (κ3) is 4.99. The summed E-state index contributed by atoms with van der Waals surface area (Å²) >= 11 is 6.02. The molecule has 0 amide bonds. The number of nitrogens with zero attached hydrogens (tertiary/aromatic N) is 1. The Bertz CT molecular complexity index is 520. The first-order valence-corrected chi connectivity index (χ1v) is 7.82. The van der Waals surface area contributed by atoms with Crippen LogP contribution in [0.1, 0.15) is 12.0 Å². The van der Waals surface area contributed by atoms with Gasteiger partial charge in [0.25, 0.3) is 0 Å². The van der Waals surface area contributed by atoms with Gasteiger partial charge in [0.1, 0.15) is 0 Å². The van der Waals surface area contributed by atoms with E-state index in [1.165, 1.54) is 11.4 Å². The molecule has 1 aromatic carbocycles. The molecule has 0 saturated heterocycles. The largest absolute Gasteiger partial charge is 0.399 e. The number of benzene rings is 1. The predicted octanol–water partition coefficient (Wildman–Crippen LogP) is 1.72. The van der Waals surface area contributed by atoms with Gasteiger partial charge >= 0.3 is 0 Å². The molecular formula is C12H19ClN2O3S. The van der Waals surface area contributed by atoms with Gasteiger partial charge in [-0.1, -0.05) is 11.6 Å². The molecule has 0 unspecified atom stereocenters. The minimum atomic E-state index is -3.31. The van der Waals surface area contributed by atoms with Gasteiger partial charge < -0.3 is 10.5 Å². The van der Waals surface area contributed by atoms with Crippen LogP contribution in [0.4, 0.5) is 5.69 Å². The van der Waals surface area contributed by atoms with Crippen molar-refractivity contribution in [1.29, 1.82) is 0 Å².